The number of alkyl halides is 1. The Bertz CT molecular complexity index is 153. The van der Waals surface area contributed by atoms with Gasteiger partial charge in [-0.2, -0.15) is 0 Å². The Kier molecular flexibility index (Phi) is 4.22. The van der Waals surface area contributed by atoms with Crippen LogP contribution in [0.5, 0.6) is 0 Å². The number of Topliss-reactive ketones (excluding diaryl/α,β-unsaturated/α-hetero) is 1. The lowest BCUT2D eigenvalue weighted by atomic mass is 9.79. The van der Waals surface area contributed by atoms with Gasteiger partial charge in [-0.05, 0) is 25.7 Å². The molecule has 0 heterocycles. The van der Waals surface area contributed by atoms with E-state index in [0.717, 1.165) is 25.9 Å². The van der Waals surface area contributed by atoms with E-state index < -0.39 is 0 Å². The largest absolute Gasteiger partial charge is 0.378 e. The molecule has 0 aromatic carbocycles. The van der Waals surface area contributed by atoms with Crippen molar-refractivity contribution in [2.45, 2.75) is 32.3 Å². The molecule has 2 nitrogen and oxygen atoms in total. The van der Waals surface area contributed by atoms with Gasteiger partial charge in [0.15, 0.2) is 0 Å². The maximum absolute atomic E-state index is 11.0. The summed E-state index contributed by atoms with van der Waals surface area (Å²) >= 11 is 3.16. The van der Waals surface area contributed by atoms with Crippen LogP contribution >= 0.6 is 15.9 Å². The minimum atomic E-state index is 0.315. The average molecular weight is 235 g/mol. The van der Waals surface area contributed by atoms with E-state index in [0.29, 0.717) is 23.1 Å². The van der Waals surface area contributed by atoms with E-state index in [-0.39, 0.29) is 0 Å². The monoisotopic (exact) mass is 234 g/mol. The molecule has 1 fully saturated rings. The molecular weight excluding hydrogens is 220 g/mol. The maximum Gasteiger partial charge on any atom is 0.143 e. The smallest absolute Gasteiger partial charge is 0.143 e. The van der Waals surface area contributed by atoms with Crippen molar-refractivity contribution in [1.29, 1.82) is 0 Å². The van der Waals surface area contributed by atoms with Crippen LogP contribution in [0.2, 0.25) is 0 Å². The molecule has 1 aliphatic rings. The molecular formula is C9H15BrO2. The first-order chi connectivity index (χ1) is 5.76. The minimum Gasteiger partial charge on any atom is -0.378 e. The number of halogens is 1. The van der Waals surface area contributed by atoms with Crippen LogP contribution in [0.25, 0.3) is 0 Å². The van der Waals surface area contributed by atoms with E-state index in [1.165, 1.54) is 0 Å². The first-order valence-corrected chi connectivity index (χ1v) is 5.57. The summed E-state index contributed by atoms with van der Waals surface area (Å²) < 4.78 is 5.40. The number of rotatable bonds is 5. The molecule has 0 bridgehead atoms. The number of hydrogen-bond acceptors (Lipinski definition) is 2. The predicted octanol–water partition coefficient (Wildman–Crippen LogP) is 2.16. The van der Waals surface area contributed by atoms with Gasteiger partial charge < -0.3 is 4.74 Å². The van der Waals surface area contributed by atoms with Crippen LogP contribution in [0.3, 0.4) is 0 Å². The number of hydrogen-bond donors (Lipinski definition) is 0. The average Bonchev–Trinajstić information content (AvgIpc) is 2.00. The minimum absolute atomic E-state index is 0.315. The molecule has 1 aliphatic carbocycles. The quantitative estimate of drug-likeness (QED) is 0.682. The van der Waals surface area contributed by atoms with Crippen molar-refractivity contribution < 1.29 is 9.53 Å². The molecule has 1 rings (SSSR count). The van der Waals surface area contributed by atoms with Crippen molar-refractivity contribution >= 4 is 21.7 Å². The third-order valence-corrected chi connectivity index (χ3v) is 2.89. The molecule has 0 amide bonds. The zero-order valence-corrected chi connectivity index (χ0v) is 8.97. The molecule has 0 aromatic heterocycles. The molecule has 0 atom stereocenters. The third-order valence-electron chi connectivity index (χ3n) is 2.26. The fourth-order valence-electron chi connectivity index (χ4n) is 1.59. The SMILES string of the molecule is CCOC1CC(CC(=O)CBr)C1. The Hall–Kier alpha value is 0.110. The zero-order valence-electron chi connectivity index (χ0n) is 7.38. The number of carbonyl (C=O) groups excluding carboxylic acids is 1. The predicted molar refractivity (Wildman–Crippen MR) is 51.6 cm³/mol. The van der Waals surface area contributed by atoms with Gasteiger partial charge in [0.2, 0.25) is 0 Å². The van der Waals surface area contributed by atoms with E-state index in [4.69, 9.17) is 4.74 Å². The first kappa shape index (κ1) is 10.2. The van der Waals surface area contributed by atoms with Crippen LogP contribution in [0.1, 0.15) is 26.2 Å². The van der Waals surface area contributed by atoms with Gasteiger partial charge in [-0.15, -0.1) is 0 Å². The zero-order chi connectivity index (χ0) is 8.97. The Morgan fingerprint density at radius 3 is 2.75 bits per heavy atom. The Balaban J connectivity index is 2.05. The summed E-state index contributed by atoms with van der Waals surface area (Å²) in [7, 11) is 0. The Morgan fingerprint density at radius 1 is 1.58 bits per heavy atom. The van der Waals surface area contributed by atoms with Gasteiger partial charge in [0.1, 0.15) is 5.78 Å². The van der Waals surface area contributed by atoms with Gasteiger partial charge in [-0.25, -0.2) is 0 Å². The molecule has 0 aliphatic heterocycles. The molecule has 3 heteroatoms. The number of ether oxygens (including phenoxy) is 1. The Morgan fingerprint density at radius 2 is 2.25 bits per heavy atom. The van der Waals surface area contributed by atoms with Crippen molar-refractivity contribution in [2.24, 2.45) is 5.92 Å². The fourth-order valence-corrected chi connectivity index (χ4v) is 1.82. The third kappa shape index (κ3) is 2.87. The van der Waals surface area contributed by atoms with E-state index in [1.807, 2.05) is 6.92 Å². The highest BCUT2D eigenvalue weighted by molar-refractivity contribution is 9.09. The molecule has 0 aromatic rings. The van der Waals surface area contributed by atoms with Crippen LogP contribution in [-0.4, -0.2) is 23.8 Å². The normalized spacial score (nSPS) is 28.2. The summed E-state index contributed by atoms with van der Waals surface area (Å²) in [6.45, 7) is 2.81. The molecule has 0 N–H and O–H groups in total. The highest BCUT2D eigenvalue weighted by Crippen LogP contribution is 2.32. The van der Waals surface area contributed by atoms with Gasteiger partial charge in [0, 0.05) is 13.0 Å². The fraction of sp³-hybridized carbons (Fsp3) is 0.889. The summed E-state index contributed by atoms with van der Waals surface area (Å²) in [4.78, 5) is 11.0. The van der Waals surface area contributed by atoms with Gasteiger partial charge in [-0.1, -0.05) is 15.9 Å². The summed E-state index contributed by atoms with van der Waals surface area (Å²) in [5.74, 6) is 0.904. The molecule has 70 valence electrons. The topological polar surface area (TPSA) is 26.3 Å². The second-order valence-electron chi connectivity index (χ2n) is 3.29. The van der Waals surface area contributed by atoms with Crippen molar-refractivity contribution in [3.05, 3.63) is 0 Å². The second kappa shape index (κ2) is 4.97. The van der Waals surface area contributed by atoms with Gasteiger partial charge in [0.05, 0.1) is 11.4 Å². The molecule has 12 heavy (non-hydrogen) atoms. The lowest BCUT2D eigenvalue weighted by Gasteiger charge is -2.34. The van der Waals surface area contributed by atoms with Gasteiger partial charge in [-0.3, -0.25) is 4.79 Å². The van der Waals surface area contributed by atoms with Crippen LogP contribution in [0, 0.1) is 5.92 Å². The van der Waals surface area contributed by atoms with Crippen molar-refractivity contribution in [1.82, 2.24) is 0 Å². The molecule has 0 spiro atoms. The second-order valence-corrected chi connectivity index (χ2v) is 3.85. The molecule has 0 radical (unpaired) electrons. The maximum atomic E-state index is 11.0. The van der Waals surface area contributed by atoms with Crippen LogP contribution in [0.15, 0.2) is 0 Å². The number of carbonyl (C=O) groups is 1. The van der Waals surface area contributed by atoms with Crippen LogP contribution < -0.4 is 0 Å². The molecule has 0 saturated heterocycles. The van der Waals surface area contributed by atoms with E-state index in [2.05, 4.69) is 15.9 Å². The van der Waals surface area contributed by atoms with Crippen LogP contribution in [-0.2, 0) is 9.53 Å². The molecule has 0 unspecified atom stereocenters. The highest BCUT2D eigenvalue weighted by Gasteiger charge is 2.30. The Labute approximate surface area is 81.8 Å². The van der Waals surface area contributed by atoms with Crippen molar-refractivity contribution in [2.75, 3.05) is 11.9 Å². The van der Waals surface area contributed by atoms with Crippen molar-refractivity contribution in [3.8, 4) is 0 Å². The van der Waals surface area contributed by atoms with Gasteiger partial charge in [0.25, 0.3) is 0 Å². The highest BCUT2D eigenvalue weighted by atomic mass is 79.9. The summed E-state index contributed by atoms with van der Waals surface area (Å²) in [5.41, 5.74) is 0. The van der Waals surface area contributed by atoms with E-state index >= 15 is 0 Å². The first-order valence-electron chi connectivity index (χ1n) is 4.45. The van der Waals surface area contributed by atoms with E-state index in [9.17, 15) is 4.79 Å². The lowest BCUT2D eigenvalue weighted by Crippen LogP contribution is -2.32. The summed E-state index contributed by atoms with van der Waals surface area (Å²) in [6, 6.07) is 0. The number of ketones is 1. The summed E-state index contributed by atoms with van der Waals surface area (Å²) in [5, 5.41) is 0.503. The van der Waals surface area contributed by atoms with E-state index in [1.54, 1.807) is 0 Å². The molecule has 1 saturated carbocycles. The standard InChI is InChI=1S/C9H15BrO2/c1-2-12-9-4-7(5-9)3-8(11)6-10/h7,9H,2-6H2,1H3. The summed E-state index contributed by atoms with van der Waals surface area (Å²) in [6.07, 6.45) is 3.32. The van der Waals surface area contributed by atoms with Crippen LogP contribution in [0.4, 0.5) is 0 Å². The van der Waals surface area contributed by atoms with Gasteiger partial charge >= 0.3 is 0 Å². The van der Waals surface area contributed by atoms with Crippen molar-refractivity contribution in [3.63, 3.8) is 0 Å². The lowest BCUT2D eigenvalue weighted by molar-refractivity contribution is -0.119.